The summed E-state index contributed by atoms with van der Waals surface area (Å²) in [7, 11) is 0. The Hall–Kier alpha value is -2.33. The summed E-state index contributed by atoms with van der Waals surface area (Å²) in [6.07, 6.45) is 0. The van der Waals surface area contributed by atoms with E-state index in [1.165, 1.54) is 0 Å². The second-order valence-corrected chi connectivity index (χ2v) is 7.10. The van der Waals surface area contributed by atoms with E-state index in [9.17, 15) is 9.59 Å². The highest BCUT2D eigenvalue weighted by Gasteiger charge is 2.21. The molecule has 0 fully saturated rings. The number of carbonyl (C=O) groups excluding carboxylic acids is 2. The lowest BCUT2D eigenvalue weighted by Crippen LogP contribution is -2.30. The molecular formula is C19H21ClN2O2. The predicted octanol–water partition coefficient (Wildman–Crippen LogP) is 4.52. The standard InChI is InChI=1S/C19H21ClN2O2/c1-12-11-13(20)9-10-15(12)21-17(23)18(24)22-16-8-6-5-7-14(16)19(2,3)4/h5-11H,1-4H3,(H,21,23)(H,22,24). The quantitative estimate of drug-likeness (QED) is 0.787. The molecule has 0 aliphatic rings. The highest BCUT2D eigenvalue weighted by Crippen LogP contribution is 2.29. The van der Waals surface area contributed by atoms with Crippen molar-refractivity contribution in [2.45, 2.75) is 33.1 Å². The van der Waals surface area contributed by atoms with Crippen molar-refractivity contribution in [2.24, 2.45) is 0 Å². The molecule has 2 rings (SSSR count). The van der Waals surface area contributed by atoms with E-state index in [4.69, 9.17) is 11.6 Å². The highest BCUT2D eigenvalue weighted by molar-refractivity contribution is 6.43. The van der Waals surface area contributed by atoms with Crippen LogP contribution < -0.4 is 10.6 Å². The SMILES string of the molecule is Cc1cc(Cl)ccc1NC(=O)C(=O)Nc1ccccc1C(C)(C)C. The summed E-state index contributed by atoms with van der Waals surface area (Å²) in [5, 5.41) is 5.87. The van der Waals surface area contributed by atoms with Crippen LogP contribution >= 0.6 is 11.6 Å². The van der Waals surface area contributed by atoms with Crippen molar-refractivity contribution in [2.75, 3.05) is 10.6 Å². The fourth-order valence-corrected chi connectivity index (χ4v) is 2.60. The van der Waals surface area contributed by atoms with Gasteiger partial charge in [0.25, 0.3) is 0 Å². The number of benzene rings is 2. The van der Waals surface area contributed by atoms with Gasteiger partial charge in [-0.25, -0.2) is 0 Å². The van der Waals surface area contributed by atoms with Crippen molar-refractivity contribution in [1.82, 2.24) is 0 Å². The van der Waals surface area contributed by atoms with Gasteiger partial charge in [0.15, 0.2) is 0 Å². The number of amides is 2. The van der Waals surface area contributed by atoms with Crippen LogP contribution in [0.3, 0.4) is 0 Å². The van der Waals surface area contributed by atoms with Crippen molar-refractivity contribution in [3.8, 4) is 0 Å². The van der Waals surface area contributed by atoms with Gasteiger partial charge >= 0.3 is 11.8 Å². The fraction of sp³-hybridized carbons (Fsp3) is 0.263. The number of halogens is 1. The first-order valence-electron chi connectivity index (χ1n) is 7.66. The van der Waals surface area contributed by atoms with Crippen molar-refractivity contribution in [3.05, 3.63) is 58.6 Å². The molecule has 0 atom stereocenters. The van der Waals surface area contributed by atoms with Gasteiger partial charge in [-0.05, 0) is 47.7 Å². The van der Waals surface area contributed by atoms with E-state index in [0.29, 0.717) is 16.4 Å². The van der Waals surface area contributed by atoms with Gasteiger partial charge in [0.1, 0.15) is 0 Å². The molecule has 2 N–H and O–H groups in total. The van der Waals surface area contributed by atoms with Crippen molar-refractivity contribution in [1.29, 1.82) is 0 Å². The summed E-state index contributed by atoms with van der Waals surface area (Å²) in [6.45, 7) is 7.97. The number of rotatable bonds is 2. The van der Waals surface area contributed by atoms with Gasteiger partial charge in [-0.1, -0.05) is 50.6 Å². The normalized spacial score (nSPS) is 11.0. The molecule has 0 bridgehead atoms. The molecule has 0 radical (unpaired) electrons. The summed E-state index contributed by atoms with van der Waals surface area (Å²) in [6, 6.07) is 12.5. The third-order valence-electron chi connectivity index (χ3n) is 3.63. The van der Waals surface area contributed by atoms with Gasteiger partial charge in [0.05, 0.1) is 0 Å². The van der Waals surface area contributed by atoms with Crippen LogP contribution in [-0.4, -0.2) is 11.8 Å². The van der Waals surface area contributed by atoms with Crippen molar-refractivity contribution < 1.29 is 9.59 Å². The maximum absolute atomic E-state index is 12.2. The zero-order chi connectivity index (χ0) is 17.9. The molecule has 2 amide bonds. The summed E-state index contributed by atoms with van der Waals surface area (Å²) < 4.78 is 0. The fourth-order valence-electron chi connectivity index (χ4n) is 2.37. The van der Waals surface area contributed by atoms with Gasteiger partial charge in [0, 0.05) is 16.4 Å². The molecule has 24 heavy (non-hydrogen) atoms. The van der Waals surface area contributed by atoms with Crippen LogP contribution in [-0.2, 0) is 15.0 Å². The minimum atomic E-state index is -0.718. The maximum Gasteiger partial charge on any atom is 0.314 e. The first kappa shape index (κ1) is 18.0. The van der Waals surface area contributed by atoms with Crippen molar-refractivity contribution >= 4 is 34.8 Å². The summed E-state index contributed by atoms with van der Waals surface area (Å²) >= 11 is 5.89. The molecular weight excluding hydrogens is 324 g/mol. The van der Waals surface area contributed by atoms with Gasteiger partial charge in [-0.3, -0.25) is 9.59 Å². The van der Waals surface area contributed by atoms with Crippen LogP contribution in [0.25, 0.3) is 0 Å². The van der Waals surface area contributed by atoms with Crippen LogP contribution in [0.5, 0.6) is 0 Å². The molecule has 5 heteroatoms. The lowest BCUT2D eigenvalue weighted by molar-refractivity contribution is -0.133. The first-order valence-corrected chi connectivity index (χ1v) is 8.04. The second kappa shape index (κ2) is 7.05. The Kier molecular flexibility index (Phi) is 5.30. The summed E-state index contributed by atoms with van der Waals surface area (Å²) in [4.78, 5) is 24.4. The van der Waals surface area contributed by atoms with Gasteiger partial charge in [-0.2, -0.15) is 0 Å². The van der Waals surface area contributed by atoms with E-state index in [2.05, 4.69) is 31.4 Å². The average molecular weight is 345 g/mol. The lowest BCUT2D eigenvalue weighted by atomic mass is 9.86. The molecule has 126 valence electrons. The topological polar surface area (TPSA) is 58.2 Å². The Morgan fingerprint density at radius 2 is 1.50 bits per heavy atom. The van der Waals surface area contributed by atoms with Crippen LogP contribution in [0, 0.1) is 6.92 Å². The van der Waals surface area contributed by atoms with Crippen LogP contribution in [0.1, 0.15) is 31.9 Å². The van der Waals surface area contributed by atoms with E-state index < -0.39 is 11.8 Å². The van der Waals surface area contributed by atoms with E-state index in [1.807, 2.05) is 25.1 Å². The molecule has 2 aromatic rings. The summed E-state index contributed by atoms with van der Waals surface area (Å²) in [5.41, 5.74) is 2.81. The molecule has 4 nitrogen and oxygen atoms in total. The molecule has 0 unspecified atom stereocenters. The summed E-state index contributed by atoms with van der Waals surface area (Å²) in [5.74, 6) is -1.43. The predicted molar refractivity (Wildman–Crippen MR) is 98.6 cm³/mol. The Balaban J connectivity index is 2.14. The molecule has 0 aromatic heterocycles. The molecule has 0 heterocycles. The van der Waals surface area contributed by atoms with E-state index in [1.54, 1.807) is 24.3 Å². The number of hydrogen-bond donors (Lipinski definition) is 2. The lowest BCUT2D eigenvalue weighted by Gasteiger charge is -2.22. The number of carbonyl (C=O) groups is 2. The Morgan fingerprint density at radius 3 is 2.08 bits per heavy atom. The third kappa shape index (κ3) is 4.36. The highest BCUT2D eigenvalue weighted by atomic mass is 35.5. The van der Waals surface area contributed by atoms with Crippen molar-refractivity contribution in [3.63, 3.8) is 0 Å². The molecule has 0 aliphatic heterocycles. The average Bonchev–Trinajstić information content (AvgIpc) is 2.49. The third-order valence-corrected chi connectivity index (χ3v) is 3.86. The van der Waals surface area contributed by atoms with Gasteiger partial charge in [0.2, 0.25) is 0 Å². The first-order chi connectivity index (χ1) is 11.2. The molecule has 0 saturated carbocycles. The largest absolute Gasteiger partial charge is 0.318 e. The zero-order valence-electron chi connectivity index (χ0n) is 14.2. The Bertz CT molecular complexity index is 779. The van der Waals surface area contributed by atoms with E-state index >= 15 is 0 Å². The van der Waals surface area contributed by atoms with E-state index in [-0.39, 0.29) is 5.41 Å². The van der Waals surface area contributed by atoms with E-state index in [0.717, 1.165) is 11.1 Å². The van der Waals surface area contributed by atoms with Gasteiger partial charge in [-0.15, -0.1) is 0 Å². The number of anilines is 2. The Labute approximate surface area is 147 Å². The van der Waals surface area contributed by atoms with Crippen LogP contribution in [0.4, 0.5) is 11.4 Å². The number of hydrogen-bond acceptors (Lipinski definition) is 2. The number of para-hydroxylation sites is 1. The minimum absolute atomic E-state index is 0.146. The van der Waals surface area contributed by atoms with Crippen LogP contribution in [0.15, 0.2) is 42.5 Å². The zero-order valence-corrected chi connectivity index (χ0v) is 15.0. The number of nitrogens with one attached hydrogen (secondary N) is 2. The molecule has 0 saturated heterocycles. The van der Waals surface area contributed by atoms with Crippen LogP contribution in [0.2, 0.25) is 5.02 Å². The maximum atomic E-state index is 12.2. The second-order valence-electron chi connectivity index (χ2n) is 6.66. The minimum Gasteiger partial charge on any atom is -0.318 e. The molecule has 0 spiro atoms. The van der Waals surface area contributed by atoms with Gasteiger partial charge < -0.3 is 10.6 Å². The molecule has 2 aromatic carbocycles. The molecule has 0 aliphatic carbocycles. The smallest absolute Gasteiger partial charge is 0.314 e. The Morgan fingerprint density at radius 1 is 0.917 bits per heavy atom. The number of aryl methyl sites for hydroxylation is 1. The monoisotopic (exact) mass is 344 g/mol.